The second-order valence-corrected chi connectivity index (χ2v) is 5.18. The SMILES string of the molecule is CCOCCN(CC)C(c1ccsc1)C(N)CC. The summed E-state index contributed by atoms with van der Waals surface area (Å²) in [6, 6.07) is 2.68. The van der Waals surface area contributed by atoms with Crippen molar-refractivity contribution in [1.82, 2.24) is 4.90 Å². The van der Waals surface area contributed by atoms with Crippen LogP contribution in [0.4, 0.5) is 0 Å². The van der Waals surface area contributed by atoms with Crippen LogP contribution in [0.25, 0.3) is 0 Å². The van der Waals surface area contributed by atoms with Gasteiger partial charge in [-0.2, -0.15) is 11.3 Å². The predicted octanol–water partition coefficient (Wildman–Crippen LogP) is 2.88. The lowest BCUT2D eigenvalue weighted by Crippen LogP contribution is -2.42. The number of ether oxygens (including phenoxy) is 1. The number of hydrogen-bond acceptors (Lipinski definition) is 4. The lowest BCUT2D eigenvalue weighted by atomic mass is 9.99. The number of rotatable bonds is 9. The van der Waals surface area contributed by atoms with Gasteiger partial charge in [-0.3, -0.25) is 4.90 Å². The smallest absolute Gasteiger partial charge is 0.0593 e. The van der Waals surface area contributed by atoms with E-state index in [1.54, 1.807) is 11.3 Å². The predicted molar refractivity (Wildman–Crippen MR) is 79.1 cm³/mol. The van der Waals surface area contributed by atoms with Gasteiger partial charge in [-0.15, -0.1) is 0 Å². The molecular formula is C14H26N2OS. The van der Waals surface area contributed by atoms with Crippen molar-refractivity contribution in [2.45, 2.75) is 39.3 Å². The Hall–Kier alpha value is -0.420. The average Bonchev–Trinajstić information content (AvgIpc) is 2.90. The minimum atomic E-state index is 0.182. The summed E-state index contributed by atoms with van der Waals surface area (Å²) >= 11 is 1.74. The van der Waals surface area contributed by atoms with Gasteiger partial charge in [-0.05, 0) is 42.3 Å². The van der Waals surface area contributed by atoms with Gasteiger partial charge >= 0.3 is 0 Å². The largest absolute Gasteiger partial charge is 0.380 e. The third-order valence-electron chi connectivity index (χ3n) is 3.29. The summed E-state index contributed by atoms with van der Waals surface area (Å²) in [5.41, 5.74) is 7.65. The maximum Gasteiger partial charge on any atom is 0.0593 e. The summed E-state index contributed by atoms with van der Waals surface area (Å²) in [6.07, 6.45) is 0.992. The number of hydrogen-bond donors (Lipinski definition) is 1. The van der Waals surface area contributed by atoms with Gasteiger partial charge in [0.25, 0.3) is 0 Å². The molecule has 0 amide bonds. The quantitative estimate of drug-likeness (QED) is 0.701. The molecule has 104 valence electrons. The maximum atomic E-state index is 6.31. The first kappa shape index (κ1) is 15.6. The van der Waals surface area contributed by atoms with Gasteiger partial charge in [0.15, 0.2) is 0 Å². The Morgan fingerprint density at radius 2 is 2.17 bits per heavy atom. The van der Waals surface area contributed by atoms with Crippen LogP contribution in [0.3, 0.4) is 0 Å². The Kier molecular flexibility index (Phi) is 7.51. The van der Waals surface area contributed by atoms with Gasteiger partial charge in [0.05, 0.1) is 12.6 Å². The van der Waals surface area contributed by atoms with E-state index < -0.39 is 0 Å². The Morgan fingerprint density at radius 3 is 2.67 bits per heavy atom. The van der Waals surface area contributed by atoms with Crippen molar-refractivity contribution in [3.05, 3.63) is 22.4 Å². The van der Waals surface area contributed by atoms with E-state index in [9.17, 15) is 0 Å². The lowest BCUT2D eigenvalue weighted by molar-refractivity contribution is 0.0889. The van der Waals surface area contributed by atoms with Crippen LogP contribution < -0.4 is 5.73 Å². The Balaban J connectivity index is 2.73. The van der Waals surface area contributed by atoms with E-state index in [-0.39, 0.29) is 6.04 Å². The van der Waals surface area contributed by atoms with Crippen LogP contribution in [0.2, 0.25) is 0 Å². The summed E-state index contributed by atoms with van der Waals surface area (Å²) in [6.45, 7) is 9.88. The van der Waals surface area contributed by atoms with Crippen molar-refractivity contribution in [1.29, 1.82) is 0 Å². The molecule has 0 bridgehead atoms. The Morgan fingerprint density at radius 1 is 1.39 bits per heavy atom. The molecule has 1 aromatic heterocycles. The normalized spacial score (nSPS) is 14.9. The van der Waals surface area contributed by atoms with Gasteiger partial charge in [-0.25, -0.2) is 0 Å². The van der Waals surface area contributed by atoms with Crippen LogP contribution in [0, 0.1) is 0 Å². The zero-order chi connectivity index (χ0) is 13.4. The van der Waals surface area contributed by atoms with E-state index in [0.717, 1.165) is 32.7 Å². The fraction of sp³-hybridized carbons (Fsp3) is 0.714. The van der Waals surface area contributed by atoms with Crippen LogP contribution in [-0.2, 0) is 4.74 Å². The van der Waals surface area contributed by atoms with Gasteiger partial charge in [-0.1, -0.05) is 13.8 Å². The highest BCUT2D eigenvalue weighted by Crippen LogP contribution is 2.26. The van der Waals surface area contributed by atoms with Gasteiger partial charge in [0.2, 0.25) is 0 Å². The highest BCUT2D eigenvalue weighted by atomic mass is 32.1. The van der Waals surface area contributed by atoms with E-state index in [1.165, 1.54) is 5.56 Å². The third kappa shape index (κ3) is 4.35. The summed E-state index contributed by atoms with van der Waals surface area (Å²) in [7, 11) is 0. The van der Waals surface area contributed by atoms with Crippen molar-refractivity contribution >= 4 is 11.3 Å². The molecular weight excluding hydrogens is 244 g/mol. The van der Waals surface area contributed by atoms with E-state index in [2.05, 4.69) is 35.6 Å². The Bertz CT molecular complexity index is 303. The third-order valence-corrected chi connectivity index (χ3v) is 3.99. The van der Waals surface area contributed by atoms with Crippen LogP contribution in [-0.4, -0.2) is 37.2 Å². The molecule has 0 aliphatic rings. The topological polar surface area (TPSA) is 38.5 Å². The molecule has 0 fully saturated rings. The monoisotopic (exact) mass is 270 g/mol. The molecule has 0 aromatic carbocycles. The molecule has 1 heterocycles. The first-order chi connectivity index (χ1) is 8.74. The van der Waals surface area contributed by atoms with Crippen molar-refractivity contribution in [3.8, 4) is 0 Å². The number of nitrogens with zero attached hydrogens (tertiary/aromatic N) is 1. The molecule has 0 radical (unpaired) electrons. The van der Waals surface area contributed by atoms with Crippen LogP contribution in [0.5, 0.6) is 0 Å². The van der Waals surface area contributed by atoms with Crippen molar-refractivity contribution in [3.63, 3.8) is 0 Å². The van der Waals surface area contributed by atoms with Crippen LogP contribution in [0.15, 0.2) is 16.8 Å². The van der Waals surface area contributed by atoms with Crippen LogP contribution >= 0.6 is 11.3 Å². The molecule has 4 heteroatoms. The van der Waals surface area contributed by atoms with Crippen LogP contribution in [0.1, 0.15) is 38.8 Å². The molecule has 2 atom stereocenters. The fourth-order valence-electron chi connectivity index (χ4n) is 2.22. The zero-order valence-corrected chi connectivity index (χ0v) is 12.6. The molecule has 1 aromatic rings. The number of likely N-dealkylation sites (N-methyl/N-ethyl adjacent to an activating group) is 1. The first-order valence-electron chi connectivity index (χ1n) is 6.84. The summed E-state index contributed by atoms with van der Waals surface area (Å²) in [5.74, 6) is 0. The van der Waals surface area contributed by atoms with E-state index in [0.29, 0.717) is 6.04 Å². The summed E-state index contributed by atoms with van der Waals surface area (Å²) < 4.78 is 5.47. The fourth-order valence-corrected chi connectivity index (χ4v) is 2.90. The highest BCUT2D eigenvalue weighted by molar-refractivity contribution is 7.07. The van der Waals surface area contributed by atoms with E-state index in [4.69, 9.17) is 10.5 Å². The lowest BCUT2D eigenvalue weighted by Gasteiger charge is -2.34. The molecule has 18 heavy (non-hydrogen) atoms. The second kappa shape index (κ2) is 8.64. The molecule has 0 aliphatic heterocycles. The van der Waals surface area contributed by atoms with Gasteiger partial charge in [0.1, 0.15) is 0 Å². The highest BCUT2D eigenvalue weighted by Gasteiger charge is 2.24. The summed E-state index contributed by atoms with van der Waals surface area (Å²) in [5, 5.41) is 4.34. The molecule has 0 saturated carbocycles. The number of thiophene rings is 1. The molecule has 1 rings (SSSR count). The van der Waals surface area contributed by atoms with Gasteiger partial charge < -0.3 is 10.5 Å². The minimum absolute atomic E-state index is 0.182. The standard InChI is InChI=1S/C14H26N2OS/c1-4-13(15)14(12-7-10-18-11-12)16(5-2)8-9-17-6-3/h7,10-11,13-14H,4-6,8-9,15H2,1-3H3. The second-order valence-electron chi connectivity index (χ2n) is 4.40. The molecule has 0 saturated heterocycles. The first-order valence-corrected chi connectivity index (χ1v) is 7.78. The molecule has 0 aliphatic carbocycles. The van der Waals surface area contributed by atoms with Gasteiger partial charge in [0, 0.05) is 19.2 Å². The molecule has 3 nitrogen and oxygen atoms in total. The molecule has 2 N–H and O–H groups in total. The number of nitrogens with two attached hydrogens (primary N) is 1. The minimum Gasteiger partial charge on any atom is -0.380 e. The molecule has 0 spiro atoms. The van der Waals surface area contributed by atoms with Crippen molar-refractivity contribution in [2.75, 3.05) is 26.3 Å². The van der Waals surface area contributed by atoms with Crippen molar-refractivity contribution < 1.29 is 4.74 Å². The molecule has 2 unspecified atom stereocenters. The average molecular weight is 270 g/mol. The van der Waals surface area contributed by atoms with E-state index in [1.807, 2.05) is 6.92 Å². The Labute approximate surface area is 115 Å². The zero-order valence-electron chi connectivity index (χ0n) is 11.8. The van der Waals surface area contributed by atoms with E-state index >= 15 is 0 Å². The van der Waals surface area contributed by atoms with Crippen molar-refractivity contribution in [2.24, 2.45) is 5.73 Å². The summed E-state index contributed by atoms with van der Waals surface area (Å²) in [4.78, 5) is 2.42. The maximum absolute atomic E-state index is 6.31.